The van der Waals surface area contributed by atoms with Crippen molar-refractivity contribution >= 4 is 51.2 Å². The number of hydrogen-bond acceptors (Lipinski definition) is 5. The number of hydrazone groups is 1. The molecule has 0 bridgehead atoms. The average molecular weight is 427 g/mol. The summed E-state index contributed by atoms with van der Waals surface area (Å²) in [5, 5.41) is 16.3. The van der Waals surface area contributed by atoms with E-state index in [4.69, 9.17) is 16.3 Å². The molecule has 0 heterocycles. The highest BCUT2D eigenvalue weighted by Gasteiger charge is 2.14. The van der Waals surface area contributed by atoms with Crippen molar-refractivity contribution in [3.63, 3.8) is 0 Å². The highest BCUT2D eigenvalue weighted by Crippen LogP contribution is 2.32. The Labute approximate surface area is 156 Å². The average Bonchev–Trinajstić information content (AvgIpc) is 2.59. The Balaban J connectivity index is 2.02. The van der Waals surface area contributed by atoms with Crippen LogP contribution in [0.15, 0.2) is 46.0 Å². The van der Waals surface area contributed by atoms with Gasteiger partial charge < -0.3 is 15.2 Å². The van der Waals surface area contributed by atoms with Gasteiger partial charge in [-0.25, -0.2) is 5.43 Å². The monoisotopic (exact) mass is 425 g/mol. The van der Waals surface area contributed by atoms with E-state index >= 15 is 0 Å². The first kappa shape index (κ1) is 18.8. The normalized spacial score (nSPS) is 10.5. The lowest BCUT2D eigenvalue weighted by Gasteiger charge is -2.07. The number of nitrogens with one attached hydrogen (secondary N) is 2. The second kappa shape index (κ2) is 8.50. The molecule has 2 amide bonds. The fraction of sp³-hybridized carbons (Fsp3) is 0.0625. The number of anilines is 1. The van der Waals surface area contributed by atoms with Crippen molar-refractivity contribution in [2.45, 2.75) is 0 Å². The zero-order chi connectivity index (χ0) is 18.4. The van der Waals surface area contributed by atoms with Crippen molar-refractivity contribution in [2.24, 2.45) is 5.10 Å². The summed E-state index contributed by atoms with van der Waals surface area (Å²) in [6.45, 7) is 0. The summed E-state index contributed by atoms with van der Waals surface area (Å²) in [4.78, 5) is 23.5. The molecule has 0 atom stereocenters. The van der Waals surface area contributed by atoms with Crippen LogP contribution in [0.3, 0.4) is 0 Å². The lowest BCUT2D eigenvalue weighted by atomic mass is 10.2. The van der Waals surface area contributed by atoms with Gasteiger partial charge in [0.15, 0.2) is 11.5 Å². The van der Waals surface area contributed by atoms with Gasteiger partial charge in [0, 0.05) is 10.0 Å². The Kier molecular flexibility index (Phi) is 6.37. The van der Waals surface area contributed by atoms with Gasteiger partial charge in [-0.05, 0) is 24.3 Å². The molecule has 130 valence electrons. The van der Waals surface area contributed by atoms with E-state index in [1.165, 1.54) is 13.3 Å². The van der Waals surface area contributed by atoms with Crippen molar-refractivity contribution in [2.75, 3.05) is 12.4 Å². The second-order valence-electron chi connectivity index (χ2n) is 4.68. The van der Waals surface area contributed by atoms with Crippen LogP contribution in [-0.4, -0.2) is 30.2 Å². The first-order chi connectivity index (χ1) is 11.9. The summed E-state index contributed by atoms with van der Waals surface area (Å²) in [5.74, 6) is -1.83. The fourth-order valence-corrected chi connectivity index (χ4v) is 2.44. The van der Waals surface area contributed by atoms with Gasteiger partial charge in [-0.15, -0.1) is 0 Å². The number of hydrogen-bond donors (Lipinski definition) is 3. The summed E-state index contributed by atoms with van der Waals surface area (Å²) >= 11 is 9.16. The molecule has 25 heavy (non-hydrogen) atoms. The molecule has 0 saturated carbocycles. The van der Waals surface area contributed by atoms with E-state index in [-0.39, 0.29) is 17.1 Å². The number of methoxy groups -OCH3 is 1. The van der Waals surface area contributed by atoms with Crippen LogP contribution in [0.2, 0.25) is 5.02 Å². The van der Waals surface area contributed by atoms with Gasteiger partial charge in [0.25, 0.3) is 0 Å². The van der Waals surface area contributed by atoms with Crippen LogP contribution in [0.4, 0.5) is 5.69 Å². The number of phenolic OH excluding ortho intramolecular Hbond substituents is 1. The van der Waals surface area contributed by atoms with Gasteiger partial charge in [0.1, 0.15) is 0 Å². The van der Waals surface area contributed by atoms with E-state index < -0.39 is 11.8 Å². The topological polar surface area (TPSA) is 100 Å². The van der Waals surface area contributed by atoms with E-state index in [9.17, 15) is 14.7 Å². The van der Waals surface area contributed by atoms with Gasteiger partial charge in [-0.1, -0.05) is 39.7 Å². The first-order valence-electron chi connectivity index (χ1n) is 6.87. The number of amides is 2. The third-order valence-corrected chi connectivity index (χ3v) is 3.77. The number of carbonyl (C=O) groups is 2. The number of phenols is 1. The number of carbonyl (C=O) groups excluding carboxylic acids is 2. The van der Waals surface area contributed by atoms with Crippen LogP contribution in [0.5, 0.6) is 11.5 Å². The zero-order valence-corrected chi connectivity index (χ0v) is 15.3. The van der Waals surface area contributed by atoms with Gasteiger partial charge in [0.05, 0.1) is 24.0 Å². The molecule has 0 unspecified atom stereocenters. The quantitative estimate of drug-likeness (QED) is 0.397. The van der Waals surface area contributed by atoms with Crippen LogP contribution in [0.1, 0.15) is 5.56 Å². The molecule has 2 rings (SSSR count). The standard InChI is InChI=1S/C16H13BrClN3O4/c1-25-13-7-10(17)6-9(14(13)22)8-19-21-16(24)15(23)20-12-5-3-2-4-11(12)18/h2-8,22H,1H3,(H,20,23)(H,21,24)/b19-8+. The molecule has 2 aromatic carbocycles. The summed E-state index contributed by atoms with van der Waals surface area (Å²) in [5.41, 5.74) is 2.66. The van der Waals surface area contributed by atoms with E-state index in [0.717, 1.165) is 0 Å². The lowest BCUT2D eigenvalue weighted by molar-refractivity contribution is -0.136. The SMILES string of the molecule is COc1cc(Br)cc(/C=N/NC(=O)C(=O)Nc2ccccc2Cl)c1O. The molecule has 0 aliphatic heterocycles. The second-order valence-corrected chi connectivity index (χ2v) is 6.00. The molecular formula is C16H13BrClN3O4. The summed E-state index contributed by atoms with van der Waals surface area (Å²) < 4.78 is 5.65. The third-order valence-electron chi connectivity index (χ3n) is 2.99. The number of benzene rings is 2. The Morgan fingerprint density at radius 3 is 2.68 bits per heavy atom. The minimum Gasteiger partial charge on any atom is -0.504 e. The van der Waals surface area contributed by atoms with Crippen molar-refractivity contribution in [1.29, 1.82) is 0 Å². The minimum absolute atomic E-state index is 0.149. The minimum atomic E-state index is -0.988. The van der Waals surface area contributed by atoms with Crippen LogP contribution in [0.25, 0.3) is 0 Å². The summed E-state index contributed by atoms with van der Waals surface area (Å²) in [6, 6.07) is 9.64. The van der Waals surface area contributed by atoms with Gasteiger partial charge in [-0.3, -0.25) is 9.59 Å². The van der Waals surface area contributed by atoms with Crippen LogP contribution >= 0.6 is 27.5 Å². The van der Waals surface area contributed by atoms with E-state index in [0.29, 0.717) is 15.2 Å². The maximum atomic E-state index is 11.8. The Morgan fingerprint density at radius 1 is 1.28 bits per heavy atom. The molecule has 7 nitrogen and oxygen atoms in total. The fourth-order valence-electron chi connectivity index (χ4n) is 1.80. The Hall–Kier alpha value is -2.58. The number of nitrogens with zero attached hydrogens (tertiary/aromatic N) is 1. The maximum Gasteiger partial charge on any atom is 0.329 e. The van der Waals surface area contributed by atoms with E-state index in [1.807, 2.05) is 0 Å². The van der Waals surface area contributed by atoms with Crippen molar-refractivity contribution in [3.8, 4) is 11.5 Å². The van der Waals surface area contributed by atoms with Gasteiger partial charge in [-0.2, -0.15) is 5.10 Å². The van der Waals surface area contributed by atoms with Crippen LogP contribution in [0, 0.1) is 0 Å². The number of rotatable bonds is 4. The molecule has 0 radical (unpaired) electrons. The zero-order valence-electron chi connectivity index (χ0n) is 12.9. The molecule has 0 spiro atoms. The van der Waals surface area contributed by atoms with Gasteiger partial charge >= 0.3 is 11.8 Å². The molecule has 0 saturated heterocycles. The molecule has 2 aromatic rings. The van der Waals surface area contributed by atoms with Crippen molar-refractivity contribution in [3.05, 3.63) is 51.5 Å². The summed E-state index contributed by atoms with van der Waals surface area (Å²) in [6.07, 6.45) is 1.18. The van der Waals surface area contributed by atoms with Crippen LogP contribution < -0.4 is 15.5 Å². The Morgan fingerprint density at radius 2 is 2.00 bits per heavy atom. The predicted octanol–water partition coefficient (Wildman–Crippen LogP) is 2.91. The lowest BCUT2D eigenvalue weighted by Crippen LogP contribution is -2.32. The van der Waals surface area contributed by atoms with E-state index in [2.05, 4.69) is 31.8 Å². The molecule has 0 aromatic heterocycles. The highest BCUT2D eigenvalue weighted by molar-refractivity contribution is 9.10. The maximum absolute atomic E-state index is 11.8. The number of aromatic hydroxyl groups is 1. The van der Waals surface area contributed by atoms with Crippen molar-refractivity contribution in [1.82, 2.24) is 5.43 Å². The first-order valence-corrected chi connectivity index (χ1v) is 8.05. The highest BCUT2D eigenvalue weighted by atomic mass is 79.9. The number of para-hydroxylation sites is 1. The van der Waals surface area contributed by atoms with Crippen LogP contribution in [-0.2, 0) is 9.59 Å². The smallest absolute Gasteiger partial charge is 0.329 e. The molecule has 3 N–H and O–H groups in total. The molecule has 0 aliphatic rings. The largest absolute Gasteiger partial charge is 0.504 e. The number of halogens is 2. The number of ether oxygens (including phenoxy) is 1. The molecule has 0 fully saturated rings. The molecular weight excluding hydrogens is 414 g/mol. The third kappa shape index (κ3) is 4.94. The van der Waals surface area contributed by atoms with Crippen molar-refractivity contribution < 1.29 is 19.4 Å². The van der Waals surface area contributed by atoms with Gasteiger partial charge in [0.2, 0.25) is 0 Å². The molecule has 0 aliphatic carbocycles. The van der Waals surface area contributed by atoms with E-state index in [1.54, 1.807) is 36.4 Å². The predicted molar refractivity (Wildman–Crippen MR) is 98.2 cm³/mol. The summed E-state index contributed by atoms with van der Waals surface area (Å²) in [7, 11) is 1.41. The molecule has 9 heteroatoms. The Bertz CT molecular complexity index is 842.